The number of sulfonamides is 1. The first-order valence-corrected chi connectivity index (χ1v) is 7.91. The summed E-state index contributed by atoms with van der Waals surface area (Å²) < 4.78 is 33.9. The van der Waals surface area contributed by atoms with Crippen molar-refractivity contribution >= 4 is 15.8 Å². The minimum absolute atomic E-state index is 0.0371. The Morgan fingerprint density at radius 2 is 2.21 bits per heavy atom. The molecule has 0 aliphatic heterocycles. The number of nitrogen functional groups attached to an aromatic ring is 1. The van der Waals surface area contributed by atoms with Crippen molar-refractivity contribution in [1.82, 2.24) is 14.5 Å². The molecular weight excluding hydrogens is 268 g/mol. The summed E-state index contributed by atoms with van der Waals surface area (Å²) in [5.41, 5.74) is 5.64. The van der Waals surface area contributed by atoms with Crippen LogP contribution in [-0.4, -0.2) is 37.0 Å². The first kappa shape index (κ1) is 14.3. The van der Waals surface area contributed by atoms with Crippen LogP contribution in [0.1, 0.15) is 26.7 Å². The zero-order chi connectivity index (χ0) is 14.0. The van der Waals surface area contributed by atoms with Gasteiger partial charge in [0.1, 0.15) is 4.90 Å². The third kappa shape index (κ3) is 3.07. The molecule has 0 aromatic carbocycles. The van der Waals surface area contributed by atoms with Gasteiger partial charge >= 0.3 is 0 Å². The average molecular weight is 288 g/mol. The summed E-state index contributed by atoms with van der Waals surface area (Å²) in [7, 11) is -3.59. The lowest BCUT2D eigenvalue weighted by Crippen LogP contribution is -2.47. The molecule has 3 N–H and O–H groups in total. The molecule has 0 bridgehead atoms. The second-order valence-corrected chi connectivity index (χ2v) is 6.28. The highest BCUT2D eigenvalue weighted by Crippen LogP contribution is 2.26. The van der Waals surface area contributed by atoms with Crippen molar-refractivity contribution in [3.05, 3.63) is 6.20 Å². The van der Waals surface area contributed by atoms with Crippen LogP contribution in [0.2, 0.25) is 0 Å². The Kier molecular flexibility index (Phi) is 4.12. The molecule has 7 nitrogen and oxygen atoms in total. The average Bonchev–Trinajstić information content (AvgIpc) is 2.68. The van der Waals surface area contributed by atoms with Gasteiger partial charge < -0.3 is 10.5 Å². The van der Waals surface area contributed by atoms with Gasteiger partial charge in [0.25, 0.3) is 0 Å². The number of hydrogen-bond acceptors (Lipinski definition) is 5. The smallest absolute Gasteiger partial charge is 0.246 e. The van der Waals surface area contributed by atoms with E-state index in [-0.39, 0.29) is 22.9 Å². The number of aromatic nitrogens is 2. The SMILES string of the molecule is CCOC1CC(NS(=O)(=O)c2cn(CC)nc2N)C1. The van der Waals surface area contributed by atoms with Crippen LogP contribution in [0.25, 0.3) is 0 Å². The van der Waals surface area contributed by atoms with E-state index in [1.165, 1.54) is 10.9 Å². The molecule has 0 unspecified atom stereocenters. The number of anilines is 1. The fraction of sp³-hybridized carbons (Fsp3) is 0.727. The van der Waals surface area contributed by atoms with Crippen LogP contribution in [0.5, 0.6) is 0 Å². The van der Waals surface area contributed by atoms with Crippen LogP contribution < -0.4 is 10.5 Å². The van der Waals surface area contributed by atoms with Crippen LogP contribution in [0.15, 0.2) is 11.1 Å². The maximum absolute atomic E-state index is 12.2. The van der Waals surface area contributed by atoms with Gasteiger partial charge in [-0.3, -0.25) is 4.68 Å². The van der Waals surface area contributed by atoms with Gasteiger partial charge in [-0.15, -0.1) is 0 Å². The third-order valence-electron chi connectivity index (χ3n) is 3.19. The molecule has 1 fully saturated rings. The van der Waals surface area contributed by atoms with Crippen LogP contribution in [-0.2, 0) is 21.3 Å². The quantitative estimate of drug-likeness (QED) is 0.786. The Labute approximate surface area is 113 Å². The van der Waals surface area contributed by atoms with Gasteiger partial charge in [0.05, 0.1) is 6.10 Å². The molecule has 1 saturated carbocycles. The predicted molar refractivity (Wildman–Crippen MR) is 71.1 cm³/mol. The molecular formula is C11H20N4O3S. The van der Waals surface area contributed by atoms with Crippen molar-refractivity contribution in [3.8, 4) is 0 Å². The van der Waals surface area contributed by atoms with Crippen molar-refractivity contribution < 1.29 is 13.2 Å². The third-order valence-corrected chi connectivity index (χ3v) is 4.72. The topological polar surface area (TPSA) is 99.2 Å². The maximum Gasteiger partial charge on any atom is 0.246 e. The molecule has 1 aliphatic rings. The standard InChI is InChI=1S/C11H20N4O3S/c1-3-15-7-10(11(12)13-15)19(16,17)14-8-5-9(6-8)18-4-2/h7-9,14H,3-6H2,1-2H3,(H2,12,13). The second-order valence-electron chi connectivity index (χ2n) is 4.60. The normalized spacial score (nSPS) is 23.3. The van der Waals surface area contributed by atoms with Gasteiger partial charge in [-0.1, -0.05) is 0 Å². The van der Waals surface area contributed by atoms with E-state index in [2.05, 4.69) is 9.82 Å². The lowest BCUT2D eigenvalue weighted by Gasteiger charge is -2.34. The lowest BCUT2D eigenvalue weighted by molar-refractivity contribution is -0.00475. The Hall–Kier alpha value is -1.12. The predicted octanol–water partition coefficient (Wildman–Crippen LogP) is 0.331. The molecule has 0 amide bonds. The number of hydrogen-bond donors (Lipinski definition) is 2. The van der Waals surface area contributed by atoms with E-state index in [0.717, 1.165) is 0 Å². The number of ether oxygens (including phenoxy) is 1. The van der Waals surface area contributed by atoms with E-state index in [0.29, 0.717) is 26.0 Å². The number of rotatable bonds is 6. The molecule has 0 spiro atoms. The summed E-state index contributed by atoms with van der Waals surface area (Å²) in [5, 5.41) is 3.94. The van der Waals surface area contributed by atoms with E-state index in [1.54, 1.807) is 0 Å². The summed E-state index contributed by atoms with van der Waals surface area (Å²) >= 11 is 0. The Morgan fingerprint density at radius 1 is 1.53 bits per heavy atom. The minimum atomic E-state index is -3.59. The Bertz CT molecular complexity index is 534. The van der Waals surface area contributed by atoms with Gasteiger partial charge in [-0.05, 0) is 26.7 Å². The van der Waals surface area contributed by atoms with Gasteiger partial charge in [-0.25, -0.2) is 13.1 Å². The fourth-order valence-corrected chi connectivity index (χ4v) is 3.44. The van der Waals surface area contributed by atoms with Gasteiger partial charge in [0.2, 0.25) is 10.0 Å². The van der Waals surface area contributed by atoms with Crippen molar-refractivity contribution in [3.63, 3.8) is 0 Å². The molecule has 0 radical (unpaired) electrons. The number of nitrogens with two attached hydrogens (primary N) is 1. The van der Waals surface area contributed by atoms with Crippen LogP contribution >= 0.6 is 0 Å². The molecule has 1 aliphatic carbocycles. The molecule has 0 saturated heterocycles. The molecule has 0 atom stereocenters. The highest BCUT2D eigenvalue weighted by atomic mass is 32.2. The highest BCUT2D eigenvalue weighted by Gasteiger charge is 2.34. The maximum atomic E-state index is 12.2. The van der Waals surface area contributed by atoms with Gasteiger partial charge in [-0.2, -0.15) is 5.10 Å². The van der Waals surface area contributed by atoms with Gasteiger partial charge in [0, 0.05) is 25.4 Å². The zero-order valence-electron chi connectivity index (χ0n) is 11.2. The Morgan fingerprint density at radius 3 is 2.74 bits per heavy atom. The number of nitrogens with one attached hydrogen (secondary N) is 1. The monoisotopic (exact) mass is 288 g/mol. The van der Waals surface area contributed by atoms with Crippen molar-refractivity contribution in [1.29, 1.82) is 0 Å². The number of nitrogens with zero attached hydrogens (tertiary/aromatic N) is 2. The first-order chi connectivity index (χ1) is 8.96. The fourth-order valence-electron chi connectivity index (χ4n) is 2.10. The summed E-state index contributed by atoms with van der Waals surface area (Å²) in [6, 6.07) is -0.0778. The minimum Gasteiger partial charge on any atom is -0.381 e. The summed E-state index contributed by atoms with van der Waals surface area (Å²) in [6.45, 7) is 5.03. The van der Waals surface area contributed by atoms with Crippen LogP contribution in [0, 0.1) is 0 Å². The lowest BCUT2D eigenvalue weighted by atomic mass is 9.90. The first-order valence-electron chi connectivity index (χ1n) is 6.43. The van der Waals surface area contributed by atoms with Crippen molar-refractivity contribution in [2.45, 2.75) is 50.3 Å². The summed E-state index contributed by atoms with van der Waals surface area (Å²) in [6.07, 6.45) is 3.02. The molecule has 108 valence electrons. The van der Waals surface area contributed by atoms with E-state index in [1.807, 2.05) is 13.8 Å². The molecule has 2 rings (SSSR count). The van der Waals surface area contributed by atoms with E-state index in [4.69, 9.17) is 10.5 Å². The highest BCUT2D eigenvalue weighted by molar-refractivity contribution is 7.89. The Balaban J connectivity index is 2.01. The molecule has 1 aromatic heterocycles. The van der Waals surface area contributed by atoms with Crippen molar-refractivity contribution in [2.24, 2.45) is 0 Å². The molecule has 8 heteroatoms. The van der Waals surface area contributed by atoms with Crippen molar-refractivity contribution in [2.75, 3.05) is 12.3 Å². The van der Waals surface area contributed by atoms with E-state index < -0.39 is 10.0 Å². The largest absolute Gasteiger partial charge is 0.381 e. The van der Waals surface area contributed by atoms with E-state index >= 15 is 0 Å². The summed E-state index contributed by atoms with van der Waals surface area (Å²) in [4.78, 5) is 0.0502. The number of aryl methyl sites for hydroxylation is 1. The van der Waals surface area contributed by atoms with E-state index in [9.17, 15) is 8.42 Å². The molecule has 19 heavy (non-hydrogen) atoms. The van der Waals surface area contributed by atoms with Crippen LogP contribution in [0.3, 0.4) is 0 Å². The molecule has 1 aromatic rings. The summed E-state index contributed by atoms with van der Waals surface area (Å²) in [5.74, 6) is 0.0371. The zero-order valence-corrected chi connectivity index (χ0v) is 12.0. The second kappa shape index (κ2) is 5.48. The molecule has 1 heterocycles. The van der Waals surface area contributed by atoms with Gasteiger partial charge in [0.15, 0.2) is 5.82 Å². The van der Waals surface area contributed by atoms with Crippen LogP contribution in [0.4, 0.5) is 5.82 Å².